The van der Waals surface area contributed by atoms with Gasteiger partial charge >= 0.3 is 0 Å². The molecule has 0 atom stereocenters. The van der Waals surface area contributed by atoms with Gasteiger partial charge in [0.25, 0.3) is 0 Å². The number of hydrogen-bond donors (Lipinski definition) is 0. The largest absolute Gasteiger partial charge is 0.347 e. The average Bonchev–Trinajstić information content (AvgIpc) is 3.11. The van der Waals surface area contributed by atoms with Gasteiger partial charge in [-0.3, -0.25) is 0 Å². The van der Waals surface area contributed by atoms with Crippen molar-refractivity contribution in [1.29, 1.82) is 0 Å². The number of pyridine rings is 1. The van der Waals surface area contributed by atoms with Gasteiger partial charge in [0.15, 0.2) is 12.4 Å². The van der Waals surface area contributed by atoms with Crippen molar-refractivity contribution in [2.45, 2.75) is 65.5 Å². The molecule has 0 radical (unpaired) electrons. The van der Waals surface area contributed by atoms with Crippen LogP contribution in [0.3, 0.4) is 0 Å². The molecular formula is C25H33N2+. The van der Waals surface area contributed by atoms with E-state index in [2.05, 4.69) is 90.1 Å². The summed E-state index contributed by atoms with van der Waals surface area (Å²) in [5, 5.41) is 1.33. The summed E-state index contributed by atoms with van der Waals surface area (Å²) in [6.07, 6.45) is 18.7. The number of nitrogens with zero attached hydrogens (tertiary/aromatic N) is 2. The molecule has 0 unspecified atom stereocenters. The van der Waals surface area contributed by atoms with Gasteiger partial charge in [0.2, 0.25) is 0 Å². The van der Waals surface area contributed by atoms with Gasteiger partial charge < -0.3 is 4.57 Å². The molecular weight excluding hydrogens is 328 g/mol. The van der Waals surface area contributed by atoms with Crippen molar-refractivity contribution in [3.8, 4) is 0 Å². The van der Waals surface area contributed by atoms with E-state index >= 15 is 0 Å². The molecule has 0 aliphatic heterocycles. The number of aryl methyl sites for hydroxylation is 2. The summed E-state index contributed by atoms with van der Waals surface area (Å²) >= 11 is 0. The lowest BCUT2D eigenvalue weighted by atomic mass is 10.1. The van der Waals surface area contributed by atoms with Gasteiger partial charge in [-0.2, -0.15) is 0 Å². The smallest absolute Gasteiger partial charge is 0.169 e. The summed E-state index contributed by atoms with van der Waals surface area (Å²) in [5.41, 5.74) is 3.85. The monoisotopic (exact) mass is 361 g/mol. The van der Waals surface area contributed by atoms with Crippen LogP contribution < -0.4 is 4.57 Å². The summed E-state index contributed by atoms with van der Waals surface area (Å²) in [5.74, 6) is 0. The molecule has 0 aliphatic rings. The molecule has 3 aromatic rings. The molecule has 0 fully saturated rings. The number of benzene rings is 1. The first kappa shape index (κ1) is 19.4. The summed E-state index contributed by atoms with van der Waals surface area (Å²) in [6.45, 7) is 6.72. The molecule has 0 spiro atoms. The molecule has 2 nitrogen and oxygen atoms in total. The Morgan fingerprint density at radius 2 is 1.59 bits per heavy atom. The van der Waals surface area contributed by atoms with Crippen LogP contribution in [0.1, 0.15) is 63.5 Å². The van der Waals surface area contributed by atoms with Crippen LogP contribution in [0.25, 0.3) is 23.1 Å². The molecule has 0 N–H and O–H groups in total. The molecule has 0 saturated heterocycles. The van der Waals surface area contributed by atoms with Crippen molar-refractivity contribution in [3.63, 3.8) is 0 Å². The fraction of sp³-hybridized carbons (Fsp3) is 0.400. The van der Waals surface area contributed by atoms with Crippen molar-refractivity contribution in [2.24, 2.45) is 0 Å². The maximum Gasteiger partial charge on any atom is 0.169 e. The molecule has 142 valence electrons. The maximum absolute atomic E-state index is 2.39. The zero-order valence-corrected chi connectivity index (χ0v) is 16.9. The fourth-order valence-corrected chi connectivity index (χ4v) is 3.49. The standard InChI is InChI=1S/C25H33N2/c1-3-5-7-8-17-27-20-15-24-21-23(11-12-25(24)27)10-9-22-13-18-26(19-14-22)16-6-4-2/h9-15,18-21H,3-8,16-17H2,1-2H3/q+1. The first-order valence-corrected chi connectivity index (χ1v) is 10.6. The summed E-state index contributed by atoms with van der Waals surface area (Å²) in [7, 11) is 0. The lowest BCUT2D eigenvalue weighted by Gasteiger charge is -2.05. The Morgan fingerprint density at radius 1 is 0.815 bits per heavy atom. The van der Waals surface area contributed by atoms with Crippen molar-refractivity contribution >= 4 is 23.1 Å². The molecule has 1 aromatic carbocycles. The lowest BCUT2D eigenvalue weighted by Crippen LogP contribution is -2.32. The normalized spacial score (nSPS) is 11.6. The Balaban J connectivity index is 1.64. The van der Waals surface area contributed by atoms with Gasteiger partial charge in [0.05, 0.1) is 0 Å². The van der Waals surface area contributed by atoms with E-state index in [1.54, 1.807) is 0 Å². The van der Waals surface area contributed by atoms with Gasteiger partial charge in [-0.05, 0) is 35.7 Å². The summed E-state index contributed by atoms with van der Waals surface area (Å²) in [6, 6.07) is 13.4. The molecule has 0 amide bonds. The number of fused-ring (bicyclic) bond motifs is 1. The number of aromatic nitrogens is 2. The van der Waals surface area contributed by atoms with Crippen molar-refractivity contribution in [1.82, 2.24) is 4.57 Å². The van der Waals surface area contributed by atoms with E-state index in [-0.39, 0.29) is 0 Å². The molecule has 0 bridgehead atoms. The first-order valence-electron chi connectivity index (χ1n) is 10.6. The van der Waals surface area contributed by atoms with Crippen molar-refractivity contribution < 1.29 is 4.57 Å². The van der Waals surface area contributed by atoms with Crippen LogP contribution in [0.5, 0.6) is 0 Å². The maximum atomic E-state index is 2.39. The van der Waals surface area contributed by atoms with E-state index in [9.17, 15) is 0 Å². The van der Waals surface area contributed by atoms with Crippen LogP contribution in [0.4, 0.5) is 0 Å². The molecule has 2 aromatic heterocycles. The minimum absolute atomic E-state index is 1.10. The van der Waals surface area contributed by atoms with Gasteiger partial charge in [0, 0.05) is 42.2 Å². The Morgan fingerprint density at radius 3 is 2.37 bits per heavy atom. The van der Waals surface area contributed by atoms with Gasteiger partial charge in [-0.25, -0.2) is 4.57 Å². The molecule has 2 heteroatoms. The topological polar surface area (TPSA) is 8.81 Å². The molecule has 27 heavy (non-hydrogen) atoms. The Bertz CT molecular complexity index is 856. The SMILES string of the molecule is CCCCCCn1ccc2cc(/C=C/c3cc[n+](CCCC)cc3)ccc21. The third-order valence-corrected chi connectivity index (χ3v) is 5.20. The van der Waals surface area contributed by atoms with Gasteiger partial charge in [-0.1, -0.05) is 57.7 Å². The van der Waals surface area contributed by atoms with E-state index in [1.165, 1.54) is 60.6 Å². The van der Waals surface area contributed by atoms with E-state index in [0.29, 0.717) is 0 Å². The van der Waals surface area contributed by atoms with E-state index < -0.39 is 0 Å². The highest BCUT2D eigenvalue weighted by atomic mass is 14.9. The molecule has 2 heterocycles. The third-order valence-electron chi connectivity index (χ3n) is 5.20. The Hall–Kier alpha value is -2.35. The summed E-state index contributed by atoms with van der Waals surface area (Å²) < 4.78 is 4.65. The van der Waals surface area contributed by atoms with E-state index in [0.717, 1.165) is 13.1 Å². The Kier molecular flexibility index (Phi) is 7.27. The van der Waals surface area contributed by atoms with Crippen LogP contribution >= 0.6 is 0 Å². The van der Waals surface area contributed by atoms with Crippen LogP contribution in [-0.4, -0.2) is 4.57 Å². The summed E-state index contributed by atoms with van der Waals surface area (Å²) in [4.78, 5) is 0. The number of unbranched alkanes of at least 4 members (excludes halogenated alkanes) is 4. The number of rotatable bonds is 10. The zero-order valence-electron chi connectivity index (χ0n) is 16.9. The quantitative estimate of drug-likeness (QED) is 0.289. The predicted octanol–water partition coefficient (Wildman–Crippen LogP) is 6.48. The second-order valence-corrected chi connectivity index (χ2v) is 7.44. The average molecular weight is 362 g/mol. The fourth-order valence-electron chi connectivity index (χ4n) is 3.49. The number of hydrogen-bond acceptors (Lipinski definition) is 0. The molecule has 0 aliphatic carbocycles. The highest BCUT2D eigenvalue weighted by Crippen LogP contribution is 2.20. The zero-order chi connectivity index (χ0) is 18.9. The second kappa shape index (κ2) is 10.1. The minimum Gasteiger partial charge on any atom is -0.347 e. The highest BCUT2D eigenvalue weighted by Gasteiger charge is 2.02. The molecule has 3 rings (SSSR count). The van der Waals surface area contributed by atoms with E-state index in [4.69, 9.17) is 0 Å². The predicted molar refractivity (Wildman–Crippen MR) is 117 cm³/mol. The first-order chi connectivity index (χ1) is 13.3. The highest BCUT2D eigenvalue weighted by molar-refractivity contribution is 5.84. The van der Waals surface area contributed by atoms with Crippen LogP contribution in [0.2, 0.25) is 0 Å². The minimum atomic E-state index is 1.10. The van der Waals surface area contributed by atoms with Crippen LogP contribution in [-0.2, 0) is 13.1 Å². The third kappa shape index (κ3) is 5.56. The van der Waals surface area contributed by atoms with Crippen LogP contribution in [0.15, 0.2) is 55.0 Å². The van der Waals surface area contributed by atoms with E-state index in [1.807, 2.05) is 0 Å². The second-order valence-electron chi connectivity index (χ2n) is 7.44. The van der Waals surface area contributed by atoms with Crippen molar-refractivity contribution in [3.05, 3.63) is 66.1 Å². The van der Waals surface area contributed by atoms with Crippen LogP contribution in [0, 0.1) is 0 Å². The van der Waals surface area contributed by atoms with Crippen molar-refractivity contribution in [2.75, 3.05) is 0 Å². The lowest BCUT2D eigenvalue weighted by molar-refractivity contribution is -0.697. The molecule has 0 saturated carbocycles. The van der Waals surface area contributed by atoms with Gasteiger partial charge in [-0.15, -0.1) is 0 Å². The Labute approximate surface area is 164 Å². The van der Waals surface area contributed by atoms with Gasteiger partial charge in [0.1, 0.15) is 6.54 Å².